The number of halogens is 1. The van der Waals surface area contributed by atoms with Gasteiger partial charge in [0.05, 0.1) is 18.1 Å². The molecule has 0 heterocycles. The predicted octanol–water partition coefficient (Wildman–Crippen LogP) is 3.66. The maximum atomic E-state index is 11.0. The van der Waals surface area contributed by atoms with E-state index in [1.807, 2.05) is 18.2 Å². The zero-order valence-corrected chi connectivity index (χ0v) is 10.7. The maximum Gasteiger partial charge on any atom is 0.226 e. The molecule has 2 rings (SSSR count). The Hall–Kier alpha value is -2.31. The number of hydrogen-bond acceptors (Lipinski definition) is 3. The number of para-hydroxylation sites is 1. The van der Waals surface area contributed by atoms with Gasteiger partial charge in [-0.15, -0.1) is 0 Å². The van der Waals surface area contributed by atoms with Crippen LogP contribution in [0.5, 0.6) is 11.5 Å². The number of nitrogens with zero attached hydrogens (tertiary/aromatic N) is 1. The van der Waals surface area contributed by atoms with Crippen molar-refractivity contribution >= 4 is 16.8 Å². The number of carbonyl (C=O) groups excluding carboxylic acids is 1. The second-order valence-electron chi connectivity index (χ2n) is 3.88. The topological polar surface area (TPSA) is 50.1 Å². The van der Waals surface area contributed by atoms with Gasteiger partial charge in [0, 0.05) is 5.56 Å². The lowest BCUT2D eigenvalue weighted by Crippen LogP contribution is -1.97. The van der Waals surface area contributed by atoms with Crippen LogP contribution in [0.15, 0.2) is 48.5 Å². The summed E-state index contributed by atoms with van der Waals surface area (Å²) in [5, 5.41) is 8.28. The molecule has 0 aliphatic rings. The van der Waals surface area contributed by atoms with E-state index < -0.39 is 5.24 Å². The fourth-order valence-corrected chi connectivity index (χ4v) is 1.77. The van der Waals surface area contributed by atoms with Gasteiger partial charge in [-0.2, -0.15) is 5.26 Å². The highest BCUT2D eigenvalue weighted by atomic mass is 35.5. The number of rotatable bonds is 4. The zero-order chi connectivity index (χ0) is 13.7. The van der Waals surface area contributed by atoms with E-state index >= 15 is 0 Å². The van der Waals surface area contributed by atoms with Crippen LogP contribution in [0.2, 0.25) is 0 Å². The second kappa shape index (κ2) is 6.03. The molecule has 2 aromatic rings. The first-order chi connectivity index (χ1) is 9.19. The summed E-state index contributed by atoms with van der Waals surface area (Å²) in [4.78, 5) is 11.0. The summed E-state index contributed by atoms with van der Waals surface area (Å²) in [6.45, 7) is 0. The summed E-state index contributed by atoms with van der Waals surface area (Å²) < 4.78 is 5.69. The van der Waals surface area contributed by atoms with Gasteiger partial charge in [0.25, 0.3) is 0 Å². The highest BCUT2D eigenvalue weighted by Gasteiger charge is 2.07. The molecule has 2 aromatic carbocycles. The van der Waals surface area contributed by atoms with E-state index in [1.165, 1.54) is 0 Å². The van der Waals surface area contributed by atoms with Crippen LogP contribution in [-0.2, 0) is 11.2 Å². The van der Waals surface area contributed by atoms with Gasteiger partial charge in [0.2, 0.25) is 5.24 Å². The van der Waals surface area contributed by atoms with Crippen molar-refractivity contribution in [2.75, 3.05) is 0 Å². The summed E-state index contributed by atoms with van der Waals surface area (Å²) >= 11 is 5.40. The van der Waals surface area contributed by atoms with Crippen LogP contribution in [0.25, 0.3) is 0 Å². The van der Waals surface area contributed by atoms with Gasteiger partial charge in [-0.3, -0.25) is 4.79 Å². The number of nitriles is 1. The molecule has 19 heavy (non-hydrogen) atoms. The number of ether oxygens (including phenoxy) is 1. The highest BCUT2D eigenvalue weighted by molar-refractivity contribution is 6.63. The van der Waals surface area contributed by atoms with Crippen LogP contribution < -0.4 is 4.74 Å². The fraction of sp³-hybridized carbons (Fsp3) is 0.0667. The Labute approximate surface area is 116 Å². The standard InChI is InChI=1S/C15H10ClNO2/c16-15(18)9-12-3-1-2-4-14(12)19-13-7-5-11(10-17)6-8-13/h1-8H,9H2. The van der Waals surface area contributed by atoms with Crippen molar-refractivity contribution in [2.24, 2.45) is 0 Å². The second-order valence-corrected chi connectivity index (χ2v) is 4.30. The van der Waals surface area contributed by atoms with Crippen molar-refractivity contribution in [3.05, 3.63) is 59.7 Å². The molecule has 0 saturated carbocycles. The Kier molecular flexibility index (Phi) is 4.17. The Balaban J connectivity index is 2.22. The quantitative estimate of drug-likeness (QED) is 0.798. The van der Waals surface area contributed by atoms with Gasteiger partial charge >= 0.3 is 0 Å². The molecule has 0 atom stereocenters. The van der Waals surface area contributed by atoms with E-state index in [0.29, 0.717) is 17.1 Å². The van der Waals surface area contributed by atoms with Crippen LogP contribution >= 0.6 is 11.6 Å². The molecule has 0 fully saturated rings. The third kappa shape index (κ3) is 3.57. The van der Waals surface area contributed by atoms with Gasteiger partial charge in [-0.1, -0.05) is 18.2 Å². The molecule has 0 aliphatic heterocycles. The van der Waals surface area contributed by atoms with Crippen molar-refractivity contribution < 1.29 is 9.53 Å². The minimum Gasteiger partial charge on any atom is -0.457 e. The lowest BCUT2D eigenvalue weighted by atomic mass is 10.1. The fourth-order valence-electron chi connectivity index (χ4n) is 1.62. The van der Waals surface area contributed by atoms with Gasteiger partial charge in [0.15, 0.2) is 0 Å². The maximum absolute atomic E-state index is 11.0. The number of hydrogen-bond donors (Lipinski definition) is 0. The van der Waals surface area contributed by atoms with Gasteiger partial charge < -0.3 is 4.74 Å². The van der Waals surface area contributed by atoms with Crippen LogP contribution in [0.3, 0.4) is 0 Å². The lowest BCUT2D eigenvalue weighted by Gasteiger charge is -2.09. The van der Waals surface area contributed by atoms with E-state index in [2.05, 4.69) is 0 Å². The van der Waals surface area contributed by atoms with Crippen LogP contribution in [0.4, 0.5) is 0 Å². The minimum atomic E-state index is -0.434. The Bertz CT molecular complexity index is 629. The van der Waals surface area contributed by atoms with E-state index in [0.717, 1.165) is 5.56 Å². The molecular weight excluding hydrogens is 262 g/mol. The Morgan fingerprint density at radius 3 is 2.47 bits per heavy atom. The van der Waals surface area contributed by atoms with Gasteiger partial charge in [-0.25, -0.2) is 0 Å². The van der Waals surface area contributed by atoms with E-state index in [-0.39, 0.29) is 6.42 Å². The van der Waals surface area contributed by atoms with E-state index in [1.54, 1.807) is 36.4 Å². The molecule has 0 saturated heterocycles. The number of benzene rings is 2. The average Bonchev–Trinajstić information content (AvgIpc) is 2.41. The predicted molar refractivity (Wildman–Crippen MR) is 72.2 cm³/mol. The first-order valence-electron chi connectivity index (χ1n) is 5.63. The highest BCUT2D eigenvalue weighted by Crippen LogP contribution is 2.26. The molecule has 0 N–H and O–H groups in total. The molecule has 0 aliphatic carbocycles. The van der Waals surface area contributed by atoms with Crippen molar-refractivity contribution in [3.63, 3.8) is 0 Å². The Morgan fingerprint density at radius 1 is 1.16 bits per heavy atom. The number of carbonyl (C=O) groups is 1. The molecule has 0 aromatic heterocycles. The summed E-state index contributed by atoms with van der Waals surface area (Å²) in [6.07, 6.45) is 0.119. The smallest absolute Gasteiger partial charge is 0.226 e. The third-order valence-corrected chi connectivity index (χ3v) is 2.65. The Morgan fingerprint density at radius 2 is 1.84 bits per heavy atom. The summed E-state index contributed by atoms with van der Waals surface area (Å²) in [6, 6.07) is 16.0. The van der Waals surface area contributed by atoms with Crippen molar-refractivity contribution in [1.82, 2.24) is 0 Å². The van der Waals surface area contributed by atoms with Crippen molar-refractivity contribution in [3.8, 4) is 17.6 Å². The lowest BCUT2D eigenvalue weighted by molar-refractivity contribution is -0.111. The largest absolute Gasteiger partial charge is 0.457 e. The average molecular weight is 272 g/mol. The summed E-state index contributed by atoms with van der Waals surface area (Å²) in [5.41, 5.74) is 1.29. The van der Waals surface area contributed by atoms with Crippen LogP contribution in [0, 0.1) is 11.3 Å². The first kappa shape index (κ1) is 13.1. The molecule has 4 heteroatoms. The van der Waals surface area contributed by atoms with Crippen molar-refractivity contribution in [1.29, 1.82) is 5.26 Å². The van der Waals surface area contributed by atoms with Crippen LogP contribution in [-0.4, -0.2) is 5.24 Å². The molecular formula is C15H10ClNO2. The molecule has 94 valence electrons. The van der Waals surface area contributed by atoms with E-state index in [4.69, 9.17) is 21.6 Å². The third-order valence-electron chi connectivity index (χ3n) is 2.51. The monoisotopic (exact) mass is 271 g/mol. The molecule has 0 amide bonds. The summed E-state index contributed by atoms with van der Waals surface area (Å²) in [5.74, 6) is 1.19. The minimum absolute atomic E-state index is 0.119. The van der Waals surface area contributed by atoms with Crippen molar-refractivity contribution in [2.45, 2.75) is 6.42 Å². The molecule has 3 nitrogen and oxygen atoms in total. The SMILES string of the molecule is N#Cc1ccc(Oc2ccccc2CC(=O)Cl)cc1. The van der Waals surface area contributed by atoms with Crippen LogP contribution in [0.1, 0.15) is 11.1 Å². The molecule has 0 radical (unpaired) electrons. The molecule has 0 bridgehead atoms. The van der Waals surface area contributed by atoms with Gasteiger partial charge in [-0.05, 0) is 41.9 Å². The molecule has 0 unspecified atom stereocenters. The van der Waals surface area contributed by atoms with Gasteiger partial charge in [0.1, 0.15) is 11.5 Å². The van der Waals surface area contributed by atoms with E-state index in [9.17, 15) is 4.79 Å². The zero-order valence-electron chi connectivity index (χ0n) is 9.97. The first-order valence-corrected chi connectivity index (χ1v) is 6.01. The summed E-state index contributed by atoms with van der Waals surface area (Å²) in [7, 11) is 0. The molecule has 0 spiro atoms. The normalized spacial score (nSPS) is 9.68.